The molecule has 220 valence electrons. The van der Waals surface area contributed by atoms with Crippen LogP contribution in [0.3, 0.4) is 0 Å². The molecule has 2 heterocycles. The van der Waals surface area contributed by atoms with Crippen LogP contribution in [0.5, 0.6) is 0 Å². The lowest BCUT2D eigenvalue weighted by atomic mass is 9.86. The molecular formula is C31H33F2N5O3S. The van der Waals surface area contributed by atoms with Crippen molar-refractivity contribution in [1.82, 2.24) is 14.5 Å². The summed E-state index contributed by atoms with van der Waals surface area (Å²) in [5.41, 5.74) is 3.01. The first-order valence-corrected chi connectivity index (χ1v) is 14.1. The highest BCUT2D eigenvalue weighted by molar-refractivity contribution is 7.14. The molecule has 0 aliphatic rings. The number of carbonyl (C=O) groups is 3. The number of imidazole rings is 1. The third-order valence-corrected chi connectivity index (χ3v) is 8.14. The molecule has 11 heteroatoms. The second-order valence-corrected chi connectivity index (χ2v) is 12.1. The van der Waals surface area contributed by atoms with Gasteiger partial charge in [-0.15, -0.1) is 11.3 Å². The second kappa shape index (κ2) is 12.2. The van der Waals surface area contributed by atoms with Gasteiger partial charge in [0.1, 0.15) is 0 Å². The number of thiophene rings is 1. The van der Waals surface area contributed by atoms with E-state index >= 15 is 0 Å². The molecule has 2 aromatic carbocycles. The highest BCUT2D eigenvalue weighted by atomic mass is 32.1. The molecule has 42 heavy (non-hydrogen) atoms. The summed E-state index contributed by atoms with van der Waals surface area (Å²) in [4.78, 5) is 44.0. The van der Waals surface area contributed by atoms with E-state index in [0.29, 0.717) is 40.3 Å². The fraction of sp³-hybridized carbons (Fsp3) is 0.290. The van der Waals surface area contributed by atoms with Gasteiger partial charge < -0.3 is 10.2 Å². The lowest BCUT2D eigenvalue weighted by Gasteiger charge is -2.37. The van der Waals surface area contributed by atoms with Crippen molar-refractivity contribution >= 4 is 51.7 Å². The Morgan fingerprint density at radius 3 is 2.45 bits per heavy atom. The van der Waals surface area contributed by atoms with Crippen LogP contribution in [0.25, 0.3) is 16.7 Å². The Balaban J connectivity index is 1.78. The highest BCUT2D eigenvalue weighted by Crippen LogP contribution is 2.31. The summed E-state index contributed by atoms with van der Waals surface area (Å²) >= 11 is 0.712. The summed E-state index contributed by atoms with van der Waals surface area (Å²) < 4.78 is 28.0. The normalized spacial score (nSPS) is 12.3. The minimum Gasteiger partial charge on any atom is -0.335 e. The summed E-state index contributed by atoms with van der Waals surface area (Å²) in [6.07, 6.45) is -1.52. The molecule has 0 saturated carbocycles. The van der Waals surface area contributed by atoms with E-state index in [1.54, 1.807) is 35.8 Å². The van der Waals surface area contributed by atoms with E-state index in [1.807, 2.05) is 30.0 Å². The number of halogens is 2. The Morgan fingerprint density at radius 1 is 1.10 bits per heavy atom. The molecule has 4 aromatic rings. The van der Waals surface area contributed by atoms with Crippen molar-refractivity contribution in [2.24, 2.45) is 5.41 Å². The van der Waals surface area contributed by atoms with Gasteiger partial charge in [0.15, 0.2) is 0 Å². The van der Waals surface area contributed by atoms with Crippen LogP contribution in [-0.4, -0.2) is 38.2 Å². The summed E-state index contributed by atoms with van der Waals surface area (Å²) in [7, 11) is 0. The molecule has 0 saturated heterocycles. The Hall–Kier alpha value is -4.38. The number of hydrogen-bond acceptors (Lipinski definition) is 5. The monoisotopic (exact) mass is 593 g/mol. The average Bonchev–Trinajstić information content (AvgIpc) is 3.56. The van der Waals surface area contributed by atoms with E-state index in [4.69, 9.17) is 4.98 Å². The zero-order valence-electron chi connectivity index (χ0n) is 24.1. The van der Waals surface area contributed by atoms with Crippen LogP contribution in [-0.2, 0) is 16.1 Å². The van der Waals surface area contributed by atoms with Gasteiger partial charge in [-0.2, -0.15) is 0 Å². The third kappa shape index (κ3) is 6.73. The van der Waals surface area contributed by atoms with Crippen molar-refractivity contribution in [3.63, 3.8) is 0 Å². The molecule has 2 N–H and O–H groups in total. The predicted molar refractivity (Wildman–Crippen MR) is 162 cm³/mol. The van der Waals surface area contributed by atoms with Gasteiger partial charge in [0.05, 0.1) is 26.5 Å². The number of carbonyl (C=O) groups excluding carboxylic acids is 3. The van der Waals surface area contributed by atoms with Crippen LogP contribution in [0, 0.1) is 5.41 Å². The highest BCUT2D eigenvalue weighted by Gasteiger charge is 2.28. The topological polar surface area (TPSA) is 96.3 Å². The van der Waals surface area contributed by atoms with Gasteiger partial charge in [-0.1, -0.05) is 39.5 Å². The molecule has 8 nitrogen and oxygen atoms in total. The number of benzene rings is 2. The number of hydrogen-bond donors (Lipinski definition) is 2. The Kier molecular flexibility index (Phi) is 8.91. The van der Waals surface area contributed by atoms with E-state index in [1.165, 1.54) is 12.1 Å². The van der Waals surface area contributed by atoms with Gasteiger partial charge in [-0.3, -0.25) is 24.3 Å². The van der Waals surface area contributed by atoms with E-state index < -0.39 is 12.3 Å². The van der Waals surface area contributed by atoms with Crippen molar-refractivity contribution in [3.8, 4) is 5.69 Å². The van der Waals surface area contributed by atoms with Crippen molar-refractivity contribution < 1.29 is 23.2 Å². The Bertz CT molecular complexity index is 1650. The molecule has 0 spiro atoms. The zero-order valence-corrected chi connectivity index (χ0v) is 24.9. The Morgan fingerprint density at radius 2 is 1.83 bits per heavy atom. The van der Waals surface area contributed by atoms with Gasteiger partial charge in [-0.05, 0) is 66.4 Å². The maximum absolute atomic E-state index is 13.1. The van der Waals surface area contributed by atoms with Crippen LogP contribution in [0.2, 0.25) is 0 Å². The number of aromatic nitrogens is 2. The lowest BCUT2D eigenvalue weighted by molar-refractivity contribution is -0.133. The smallest absolute Gasteiger partial charge is 0.272 e. The first-order valence-electron chi connectivity index (χ1n) is 13.3. The number of anilines is 2. The number of nitrogens with one attached hydrogen (secondary N) is 2. The number of fused-ring (bicyclic) bond motifs is 1. The summed E-state index contributed by atoms with van der Waals surface area (Å²) in [6, 6.07) is 15.1. The molecule has 0 radical (unpaired) electrons. The lowest BCUT2D eigenvalue weighted by Crippen LogP contribution is -2.44. The van der Waals surface area contributed by atoms with Gasteiger partial charge in [-0.25, -0.2) is 13.8 Å². The molecular weight excluding hydrogens is 560 g/mol. The van der Waals surface area contributed by atoms with Crippen molar-refractivity contribution in [3.05, 3.63) is 82.6 Å². The van der Waals surface area contributed by atoms with Gasteiger partial charge in [0.2, 0.25) is 17.8 Å². The minimum atomic E-state index is -2.68. The zero-order chi connectivity index (χ0) is 30.8. The number of amides is 3. The molecule has 0 aliphatic heterocycles. The average molecular weight is 594 g/mol. The van der Waals surface area contributed by atoms with Crippen LogP contribution in [0.1, 0.15) is 61.2 Å². The van der Waals surface area contributed by atoms with Crippen molar-refractivity contribution in [2.75, 3.05) is 10.6 Å². The molecule has 4 rings (SSSR count). The van der Waals surface area contributed by atoms with Crippen LogP contribution < -0.4 is 10.6 Å². The second-order valence-electron chi connectivity index (χ2n) is 11.0. The minimum absolute atomic E-state index is 0.0319. The molecule has 3 amide bonds. The number of nitrogens with zero attached hydrogens (tertiary/aromatic N) is 3. The van der Waals surface area contributed by atoms with Crippen LogP contribution >= 0.6 is 11.3 Å². The maximum atomic E-state index is 13.1. The summed E-state index contributed by atoms with van der Waals surface area (Å²) in [5, 5.41) is 5.49. The summed E-state index contributed by atoms with van der Waals surface area (Å²) in [6.45, 7) is 13.7. The standard InChI is InChI=1S/C31H33F2N5O3S/c1-7-27(40)34-21-9-8-10-22(16-21)38-24-12-11-20(17-37(19(3)39)18(2)31(4,5)6)15-23(24)35-30(38)36-29(41)26-14-13-25(42-26)28(32)33/h7-16,18,28H,1,17H2,2-6H3,(H,34,40)(H,35,36,41)/t18-/m0/s1. The van der Waals surface area contributed by atoms with Gasteiger partial charge in [0, 0.05) is 25.2 Å². The third-order valence-electron chi connectivity index (χ3n) is 7.05. The van der Waals surface area contributed by atoms with E-state index in [0.717, 1.165) is 11.6 Å². The van der Waals surface area contributed by atoms with Gasteiger partial charge in [0.25, 0.3) is 12.3 Å². The molecule has 0 bridgehead atoms. The summed E-state index contributed by atoms with van der Waals surface area (Å²) in [5.74, 6) is -0.847. The number of alkyl halides is 2. The fourth-order valence-corrected chi connectivity index (χ4v) is 5.18. The van der Waals surface area contributed by atoms with Crippen molar-refractivity contribution in [2.45, 2.75) is 53.6 Å². The predicted octanol–water partition coefficient (Wildman–Crippen LogP) is 7.18. The van der Waals surface area contributed by atoms with Gasteiger partial charge >= 0.3 is 0 Å². The first kappa shape index (κ1) is 30.6. The van der Waals surface area contributed by atoms with E-state index in [-0.39, 0.29) is 39.0 Å². The van der Waals surface area contributed by atoms with Crippen LogP contribution in [0.15, 0.2) is 67.3 Å². The quantitative estimate of drug-likeness (QED) is 0.201. The largest absolute Gasteiger partial charge is 0.335 e. The van der Waals surface area contributed by atoms with Crippen LogP contribution in [0.4, 0.5) is 20.4 Å². The number of rotatable bonds is 9. The molecule has 1 atom stereocenters. The van der Waals surface area contributed by atoms with E-state index in [9.17, 15) is 23.2 Å². The Labute approximate surface area is 247 Å². The SMILES string of the molecule is C=CC(=O)Nc1cccc(-n2c(NC(=O)c3ccc(C(F)F)s3)nc3cc(CN(C(C)=O)[C@@H](C)C(C)(C)C)ccc32)c1. The maximum Gasteiger partial charge on any atom is 0.272 e. The molecule has 0 unspecified atom stereocenters. The molecule has 0 fully saturated rings. The molecule has 2 aromatic heterocycles. The van der Waals surface area contributed by atoms with Crippen molar-refractivity contribution in [1.29, 1.82) is 0 Å². The first-order chi connectivity index (χ1) is 19.8. The van der Waals surface area contributed by atoms with E-state index in [2.05, 4.69) is 38.0 Å². The molecule has 0 aliphatic carbocycles. The fourth-order valence-electron chi connectivity index (χ4n) is 4.43.